The number of hydrogen-bond acceptors (Lipinski definition) is 5. The molecule has 0 saturated carbocycles. The predicted molar refractivity (Wildman–Crippen MR) is 111 cm³/mol. The van der Waals surface area contributed by atoms with Crippen molar-refractivity contribution >= 4 is 23.0 Å². The third-order valence-corrected chi connectivity index (χ3v) is 6.11. The molecule has 0 spiro atoms. The molecular formula is C22H26N2O3S. The van der Waals surface area contributed by atoms with Crippen molar-refractivity contribution in [2.45, 2.75) is 53.0 Å². The van der Waals surface area contributed by atoms with Crippen molar-refractivity contribution in [3.05, 3.63) is 62.3 Å². The Hall–Kier alpha value is -2.47. The number of aromatic nitrogens is 1. The van der Waals surface area contributed by atoms with Crippen LogP contribution < -0.4 is 0 Å². The first-order chi connectivity index (χ1) is 13.3. The fraction of sp³-hybridized carbons (Fsp3) is 0.409. The number of ketones is 1. The van der Waals surface area contributed by atoms with Gasteiger partial charge in [0.25, 0.3) is 5.91 Å². The Morgan fingerprint density at radius 2 is 1.89 bits per heavy atom. The summed E-state index contributed by atoms with van der Waals surface area (Å²) < 4.78 is 0. The van der Waals surface area contributed by atoms with Crippen molar-refractivity contribution in [1.29, 1.82) is 0 Å². The quantitative estimate of drug-likeness (QED) is 0.705. The fourth-order valence-electron chi connectivity index (χ4n) is 3.63. The lowest BCUT2D eigenvalue weighted by molar-refractivity contribution is -0.129. The Bertz CT molecular complexity index is 941. The third kappa shape index (κ3) is 3.49. The zero-order valence-electron chi connectivity index (χ0n) is 16.9. The molecule has 0 radical (unpaired) electrons. The minimum Gasteiger partial charge on any atom is -0.503 e. The first-order valence-corrected chi connectivity index (χ1v) is 10.4. The molecule has 1 aromatic heterocycles. The number of nitrogens with zero attached hydrogens (tertiary/aromatic N) is 2. The number of Topliss-reactive ketones (excluding diaryl/α,β-unsaturated/α-hetero) is 1. The van der Waals surface area contributed by atoms with Crippen molar-refractivity contribution in [2.75, 3.05) is 6.54 Å². The van der Waals surface area contributed by atoms with E-state index in [1.54, 1.807) is 11.8 Å². The number of aliphatic hydroxyl groups is 1. The molecule has 1 atom stereocenters. The zero-order chi connectivity index (χ0) is 20.6. The Kier molecular flexibility index (Phi) is 5.70. The molecule has 1 aliphatic heterocycles. The van der Waals surface area contributed by atoms with E-state index < -0.39 is 17.7 Å². The minimum atomic E-state index is -0.581. The Labute approximate surface area is 169 Å². The summed E-state index contributed by atoms with van der Waals surface area (Å²) in [5, 5.41) is 11.4. The minimum absolute atomic E-state index is 0.155. The summed E-state index contributed by atoms with van der Waals surface area (Å²) in [5.74, 6) is -0.853. The van der Waals surface area contributed by atoms with Crippen molar-refractivity contribution in [1.82, 2.24) is 9.88 Å². The van der Waals surface area contributed by atoms with Gasteiger partial charge in [0.05, 0.1) is 27.2 Å². The number of thiazole rings is 1. The molecule has 6 heteroatoms. The van der Waals surface area contributed by atoms with E-state index in [9.17, 15) is 14.7 Å². The molecule has 0 bridgehead atoms. The first kappa shape index (κ1) is 20.3. The maximum absolute atomic E-state index is 13.3. The monoisotopic (exact) mass is 398 g/mol. The van der Waals surface area contributed by atoms with Gasteiger partial charge in [0.15, 0.2) is 5.76 Å². The predicted octanol–water partition coefficient (Wildman–Crippen LogP) is 4.87. The van der Waals surface area contributed by atoms with Gasteiger partial charge in [-0.25, -0.2) is 4.98 Å². The summed E-state index contributed by atoms with van der Waals surface area (Å²) in [6, 6.07) is 7.37. The highest BCUT2D eigenvalue weighted by molar-refractivity contribution is 7.14. The lowest BCUT2D eigenvalue weighted by Crippen LogP contribution is -2.31. The number of benzene rings is 1. The van der Waals surface area contributed by atoms with Gasteiger partial charge < -0.3 is 10.0 Å². The Morgan fingerprint density at radius 3 is 2.39 bits per heavy atom. The molecule has 2 aromatic rings. The van der Waals surface area contributed by atoms with E-state index in [1.165, 1.54) is 16.9 Å². The zero-order valence-corrected chi connectivity index (χ0v) is 17.8. The van der Waals surface area contributed by atoms with Crippen LogP contribution in [-0.4, -0.2) is 33.2 Å². The third-order valence-electron chi connectivity index (χ3n) is 5.04. The smallest absolute Gasteiger partial charge is 0.290 e. The molecule has 0 fully saturated rings. The van der Waals surface area contributed by atoms with Crippen LogP contribution in [0.1, 0.15) is 70.7 Å². The summed E-state index contributed by atoms with van der Waals surface area (Å²) in [6.45, 7) is 10.3. The van der Waals surface area contributed by atoms with Gasteiger partial charge in [0.1, 0.15) is 0 Å². The normalized spacial score (nSPS) is 17.1. The van der Waals surface area contributed by atoms with Crippen molar-refractivity contribution in [2.24, 2.45) is 0 Å². The van der Waals surface area contributed by atoms with E-state index in [2.05, 4.69) is 18.8 Å². The molecule has 0 aliphatic carbocycles. The van der Waals surface area contributed by atoms with E-state index in [0.717, 1.165) is 17.0 Å². The number of aryl methyl sites for hydroxylation is 2. The number of carbonyl (C=O) groups is 2. The van der Waals surface area contributed by atoms with E-state index >= 15 is 0 Å². The molecular weight excluding hydrogens is 372 g/mol. The first-order valence-electron chi connectivity index (χ1n) is 9.58. The largest absolute Gasteiger partial charge is 0.503 e. The molecule has 1 aliphatic rings. The second-order valence-corrected chi connectivity index (χ2v) is 8.66. The van der Waals surface area contributed by atoms with E-state index in [4.69, 9.17) is 0 Å². The molecule has 148 valence electrons. The van der Waals surface area contributed by atoms with Crippen LogP contribution in [0.4, 0.5) is 0 Å². The maximum Gasteiger partial charge on any atom is 0.290 e. The molecule has 2 heterocycles. The summed E-state index contributed by atoms with van der Waals surface area (Å²) in [6.07, 6.45) is 0.736. The second-order valence-electron chi connectivity index (χ2n) is 7.46. The molecule has 1 unspecified atom stereocenters. The molecule has 1 amide bonds. The highest BCUT2D eigenvalue weighted by atomic mass is 32.1. The van der Waals surface area contributed by atoms with Crippen LogP contribution in [0.15, 0.2) is 35.6 Å². The summed E-state index contributed by atoms with van der Waals surface area (Å²) in [5.41, 5.74) is 2.80. The van der Waals surface area contributed by atoms with Gasteiger partial charge in [-0.05, 0) is 37.3 Å². The number of carbonyl (C=O) groups excluding carboxylic acids is 2. The lowest BCUT2D eigenvalue weighted by Gasteiger charge is -2.26. The van der Waals surface area contributed by atoms with E-state index in [-0.39, 0.29) is 11.4 Å². The van der Waals surface area contributed by atoms with Crippen LogP contribution in [0.25, 0.3) is 0 Å². The van der Waals surface area contributed by atoms with Gasteiger partial charge in [-0.1, -0.05) is 45.0 Å². The fourth-order valence-corrected chi connectivity index (χ4v) is 4.51. The molecule has 1 aromatic carbocycles. The average Bonchev–Trinajstić information content (AvgIpc) is 3.12. The number of rotatable bonds is 6. The van der Waals surface area contributed by atoms with Crippen LogP contribution in [0.2, 0.25) is 0 Å². The summed E-state index contributed by atoms with van der Waals surface area (Å²) in [4.78, 5) is 32.5. The second kappa shape index (κ2) is 7.87. The van der Waals surface area contributed by atoms with Crippen LogP contribution in [0.5, 0.6) is 0 Å². The lowest BCUT2D eigenvalue weighted by atomic mass is 9.93. The summed E-state index contributed by atoms with van der Waals surface area (Å²) in [7, 11) is 0. The highest BCUT2D eigenvalue weighted by Gasteiger charge is 2.44. The average molecular weight is 399 g/mol. The molecule has 0 saturated heterocycles. The summed E-state index contributed by atoms with van der Waals surface area (Å²) >= 11 is 1.29. The molecule has 1 N–H and O–H groups in total. The Morgan fingerprint density at radius 1 is 1.25 bits per heavy atom. The number of aliphatic hydroxyl groups excluding tert-OH is 1. The molecule has 3 rings (SSSR count). The standard InChI is InChI=1S/C22H26N2O3S/c1-6-11-24-18(16-9-7-15(8-10-16)12(2)3)17(20(26)22(24)27)19(25)21-13(4)23-14(5)28-21/h7-10,12,18,26H,6,11H2,1-5H3. The number of amides is 1. The SMILES string of the molecule is CCCN1C(=O)C(O)=C(C(=O)c2sc(C)nc2C)C1c1ccc(C(C)C)cc1. The highest BCUT2D eigenvalue weighted by Crippen LogP contribution is 2.40. The topological polar surface area (TPSA) is 70.5 Å². The van der Waals surface area contributed by atoms with Crippen LogP contribution in [-0.2, 0) is 4.79 Å². The van der Waals surface area contributed by atoms with Gasteiger partial charge in [-0.15, -0.1) is 11.3 Å². The van der Waals surface area contributed by atoms with Crippen LogP contribution >= 0.6 is 11.3 Å². The van der Waals surface area contributed by atoms with Crippen LogP contribution in [0.3, 0.4) is 0 Å². The van der Waals surface area contributed by atoms with Crippen molar-refractivity contribution in [3.63, 3.8) is 0 Å². The maximum atomic E-state index is 13.3. The van der Waals surface area contributed by atoms with Crippen molar-refractivity contribution < 1.29 is 14.7 Å². The molecule has 28 heavy (non-hydrogen) atoms. The number of hydrogen-bond donors (Lipinski definition) is 1. The van der Waals surface area contributed by atoms with E-state index in [0.29, 0.717) is 23.0 Å². The van der Waals surface area contributed by atoms with Gasteiger partial charge in [-0.3, -0.25) is 9.59 Å². The Balaban J connectivity index is 2.10. The van der Waals surface area contributed by atoms with E-state index in [1.807, 2.05) is 38.1 Å². The van der Waals surface area contributed by atoms with Crippen molar-refractivity contribution in [3.8, 4) is 0 Å². The van der Waals surface area contributed by atoms with Gasteiger partial charge >= 0.3 is 0 Å². The van der Waals surface area contributed by atoms with Gasteiger partial charge in [0, 0.05) is 6.54 Å². The van der Waals surface area contributed by atoms with Gasteiger partial charge in [-0.2, -0.15) is 0 Å². The van der Waals surface area contributed by atoms with Crippen LogP contribution in [0, 0.1) is 13.8 Å². The van der Waals surface area contributed by atoms with Gasteiger partial charge in [0.2, 0.25) is 5.78 Å². The molecule has 5 nitrogen and oxygen atoms in total.